The summed E-state index contributed by atoms with van der Waals surface area (Å²) in [5.41, 5.74) is 0. The van der Waals surface area contributed by atoms with E-state index in [0.29, 0.717) is 0 Å². The number of rotatable bonds is 4. The fraction of sp³-hybridized carbons (Fsp3) is 0.692. The van der Waals surface area contributed by atoms with Crippen LogP contribution in [0.15, 0.2) is 6.20 Å². The maximum Gasteiger partial charge on any atom is 0.225 e. The highest BCUT2D eigenvalue weighted by Gasteiger charge is 2.30. The summed E-state index contributed by atoms with van der Waals surface area (Å²) in [5, 5.41) is 7.38. The second kappa shape index (κ2) is 5.80. The topological polar surface area (TPSA) is 54.0 Å². The van der Waals surface area contributed by atoms with Gasteiger partial charge in [0.05, 0.1) is 12.0 Å². The number of thiazole rings is 1. The number of hydrogen-bond donors (Lipinski definition) is 2. The number of nitrogens with one attached hydrogen (secondary N) is 2. The van der Waals surface area contributed by atoms with E-state index in [1.807, 2.05) is 13.1 Å². The molecule has 2 N–H and O–H groups in total. The number of hydrogen-bond acceptors (Lipinski definition) is 4. The van der Waals surface area contributed by atoms with E-state index in [1.165, 1.54) is 4.88 Å². The van der Waals surface area contributed by atoms with Gasteiger partial charge < -0.3 is 10.6 Å². The molecule has 0 aliphatic carbocycles. The number of carbonyl (C=O) groups excluding carboxylic acids is 1. The van der Waals surface area contributed by atoms with Crippen LogP contribution in [0.2, 0.25) is 0 Å². The van der Waals surface area contributed by atoms with E-state index in [9.17, 15) is 4.79 Å². The molecule has 1 amide bonds. The molecule has 1 saturated heterocycles. The van der Waals surface area contributed by atoms with Gasteiger partial charge in [-0.3, -0.25) is 4.79 Å². The second-order valence-electron chi connectivity index (χ2n) is 4.89. The van der Waals surface area contributed by atoms with Crippen molar-refractivity contribution in [3.63, 3.8) is 0 Å². The Balaban J connectivity index is 1.94. The Morgan fingerprint density at radius 3 is 3.06 bits per heavy atom. The van der Waals surface area contributed by atoms with Crippen LogP contribution in [-0.4, -0.2) is 23.5 Å². The third-order valence-electron chi connectivity index (χ3n) is 3.51. The van der Waals surface area contributed by atoms with Gasteiger partial charge in [-0.2, -0.15) is 0 Å². The minimum Gasteiger partial charge on any atom is -0.347 e. The van der Waals surface area contributed by atoms with Crippen molar-refractivity contribution in [1.82, 2.24) is 15.6 Å². The van der Waals surface area contributed by atoms with E-state index in [1.54, 1.807) is 11.3 Å². The second-order valence-corrected chi connectivity index (χ2v) is 6.03. The Kier molecular flexibility index (Phi) is 4.35. The van der Waals surface area contributed by atoms with Crippen LogP contribution in [0, 0.1) is 5.92 Å². The average molecular weight is 267 g/mol. The number of aromatic nitrogens is 1. The molecule has 0 radical (unpaired) electrons. The molecule has 0 spiro atoms. The predicted octanol–water partition coefficient (Wildman–Crippen LogP) is 1.88. The zero-order valence-electron chi connectivity index (χ0n) is 11.2. The average Bonchev–Trinajstić information content (AvgIpc) is 2.96. The van der Waals surface area contributed by atoms with Crippen LogP contribution < -0.4 is 10.6 Å². The SMILES string of the molecule is CCc1cnc(C(C)NC(=O)C2CCNC2C)s1. The standard InChI is InChI=1S/C13H21N3OS/c1-4-10-7-15-13(18-10)9(3)16-12(17)11-5-6-14-8(11)2/h7-9,11,14H,4-6H2,1-3H3,(H,16,17). The van der Waals surface area contributed by atoms with Gasteiger partial charge in [0.1, 0.15) is 5.01 Å². The highest BCUT2D eigenvalue weighted by atomic mass is 32.1. The zero-order chi connectivity index (χ0) is 13.1. The van der Waals surface area contributed by atoms with Crippen molar-refractivity contribution < 1.29 is 4.79 Å². The van der Waals surface area contributed by atoms with Gasteiger partial charge in [-0.25, -0.2) is 4.98 Å². The van der Waals surface area contributed by atoms with Crippen LogP contribution in [0.3, 0.4) is 0 Å². The summed E-state index contributed by atoms with van der Waals surface area (Å²) in [6, 6.07) is 0.287. The van der Waals surface area contributed by atoms with Crippen LogP contribution in [0.4, 0.5) is 0 Å². The Labute approximate surface area is 112 Å². The van der Waals surface area contributed by atoms with Gasteiger partial charge in [0.25, 0.3) is 0 Å². The summed E-state index contributed by atoms with van der Waals surface area (Å²) in [5.74, 6) is 0.242. The molecule has 0 bridgehead atoms. The molecule has 100 valence electrons. The summed E-state index contributed by atoms with van der Waals surface area (Å²) >= 11 is 1.68. The Morgan fingerprint density at radius 2 is 2.50 bits per heavy atom. The Hall–Kier alpha value is -0.940. The molecule has 18 heavy (non-hydrogen) atoms. The summed E-state index contributed by atoms with van der Waals surface area (Å²) in [4.78, 5) is 17.8. The van der Waals surface area contributed by atoms with Gasteiger partial charge >= 0.3 is 0 Å². The van der Waals surface area contributed by atoms with Gasteiger partial charge in [0.2, 0.25) is 5.91 Å². The smallest absolute Gasteiger partial charge is 0.225 e. The number of carbonyl (C=O) groups is 1. The molecular formula is C13H21N3OS. The molecule has 1 fully saturated rings. The van der Waals surface area contributed by atoms with Gasteiger partial charge in [-0.1, -0.05) is 6.92 Å². The Bertz CT molecular complexity index is 418. The van der Waals surface area contributed by atoms with Crippen LogP contribution in [0.5, 0.6) is 0 Å². The first-order chi connectivity index (χ1) is 8.61. The minimum absolute atomic E-state index is 0.00981. The Morgan fingerprint density at radius 1 is 1.72 bits per heavy atom. The van der Waals surface area contributed by atoms with E-state index in [4.69, 9.17) is 0 Å². The summed E-state index contributed by atoms with van der Waals surface area (Å²) < 4.78 is 0. The monoisotopic (exact) mass is 267 g/mol. The van der Waals surface area contributed by atoms with E-state index in [-0.39, 0.29) is 23.9 Å². The lowest BCUT2D eigenvalue weighted by Gasteiger charge is -2.18. The molecule has 3 atom stereocenters. The fourth-order valence-electron chi connectivity index (χ4n) is 2.29. The summed E-state index contributed by atoms with van der Waals surface area (Å²) in [6.07, 6.45) is 3.84. The number of amides is 1. The predicted molar refractivity (Wildman–Crippen MR) is 73.6 cm³/mol. The molecule has 1 aromatic heterocycles. The van der Waals surface area contributed by atoms with Crippen LogP contribution in [0.25, 0.3) is 0 Å². The number of aryl methyl sites for hydroxylation is 1. The molecule has 1 aliphatic rings. The van der Waals surface area contributed by atoms with Crippen molar-refractivity contribution in [1.29, 1.82) is 0 Å². The van der Waals surface area contributed by atoms with E-state index >= 15 is 0 Å². The van der Waals surface area contributed by atoms with Crippen LogP contribution in [-0.2, 0) is 11.2 Å². The number of nitrogens with zero attached hydrogens (tertiary/aromatic N) is 1. The lowest BCUT2D eigenvalue weighted by molar-refractivity contribution is -0.125. The molecule has 3 unspecified atom stereocenters. The lowest BCUT2D eigenvalue weighted by Crippen LogP contribution is -2.37. The minimum atomic E-state index is 0.00981. The maximum atomic E-state index is 12.1. The van der Waals surface area contributed by atoms with Gasteiger partial charge in [-0.05, 0) is 33.2 Å². The zero-order valence-corrected chi connectivity index (χ0v) is 12.0. The quantitative estimate of drug-likeness (QED) is 0.876. The highest BCUT2D eigenvalue weighted by molar-refractivity contribution is 7.11. The first kappa shape index (κ1) is 13.5. The molecule has 2 rings (SSSR count). The largest absolute Gasteiger partial charge is 0.347 e. The maximum absolute atomic E-state index is 12.1. The van der Waals surface area contributed by atoms with Crippen molar-refractivity contribution in [3.8, 4) is 0 Å². The molecular weight excluding hydrogens is 246 g/mol. The molecule has 5 heteroatoms. The summed E-state index contributed by atoms with van der Waals surface area (Å²) in [6.45, 7) is 7.13. The third-order valence-corrected chi connectivity index (χ3v) is 4.84. The molecule has 0 saturated carbocycles. The van der Waals surface area contributed by atoms with Crippen LogP contribution in [0.1, 0.15) is 43.1 Å². The normalized spacial score (nSPS) is 25.1. The van der Waals surface area contributed by atoms with Crippen molar-refractivity contribution in [2.45, 2.75) is 45.7 Å². The van der Waals surface area contributed by atoms with Crippen molar-refractivity contribution >= 4 is 17.2 Å². The highest BCUT2D eigenvalue weighted by Crippen LogP contribution is 2.22. The van der Waals surface area contributed by atoms with Gasteiger partial charge in [-0.15, -0.1) is 11.3 Å². The lowest BCUT2D eigenvalue weighted by atomic mass is 10.0. The fourth-order valence-corrected chi connectivity index (χ4v) is 3.14. The van der Waals surface area contributed by atoms with E-state index in [2.05, 4.69) is 29.5 Å². The van der Waals surface area contributed by atoms with Crippen molar-refractivity contribution in [3.05, 3.63) is 16.1 Å². The van der Waals surface area contributed by atoms with Crippen molar-refractivity contribution in [2.24, 2.45) is 5.92 Å². The molecule has 1 aromatic rings. The van der Waals surface area contributed by atoms with Gasteiger partial charge in [0, 0.05) is 17.1 Å². The molecule has 2 heterocycles. The van der Waals surface area contributed by atoms with Gasteiger partial charge in [0.15, 0.2) is 0 Å². The van der Waals surface area contributed by atoms with Crippen molar-refractivity contribution in [2.75, 3.05) is 6.54 Å². The molecule has 0 aromatic carbocycles. The molecule has 1 aliphatic heterocycles. The first-order valence-electron chi connectivity index (χ1n) is 6.60. The summed E-state index contributed by atoms with van der Waals surface area (Å²) in [7, 11) is 0. The van der Waals surface area contributed by atoms with Crippen LogP contribution >= 0.6 is 11.3 Å². The van der Waals surface area contributed by atoms with E-state index < -0.39 is 0 Å². The first-order valence-corrected chi connectivity index (χ1v) is 7.41. The van der Waals surface area contributed by atoms with E-state index in [0.717, 1.165) is 24.4 Å². The molecule has 4 nitrogen and oxygen atoms in total. The third kappa shape index (κ3) is 2.90.